The highest BCUT2D eigenvalue weighted by molar-refractivity contribution is 7.13. The van der Waals surface area contributed by atoms with E-state index in [4.69, 9.17) is 9.47 Å². The fraction of sp³-hybridized carbons (Fsp3) is 0.111. The monoisotopic (exact) mass is 469 g/mol. The molecule has 1 aromatic carbocycles. The molecule has 0 bridgehead atoms. The summed E-state index contributed by atoms with van der Waals surface area (Å²) in [6.07, 6.45) is 4.05. The average molecular weight is 470 g/mol. The summed E-state index contributed by atoms with van der Waals surface area (Å²) < 4.78 is 11.0. The van der Waals surface area contributed by atoms with Gasteiger partial charge in [0.25, 0.3) is 0 Å². The number of carbonyl (C=O) groups excluding carboxylic acids is 1. The van der Waals surface area contributed by atoms with Crippen molar-refractivity contribution in [1.29, 1.82) is 5.26 Å². The van der Waals surface area contributed by atoms with Crippen LogP contribution < -0.4 is 4.74 Å². The van der Waals surface area contributed by atoms with Crippen molar-refractivity contribution < 1.29 is 14.3 Å². The lowest BCUT2D eigenvalue weighted by atomic mass is 10.1. The molecule has 0 radical (unpaired) electrons. The van der Waals surface area contributed by atoms with Crippen molar-refractivity contribution in [2.24, 2.45) is 0 Å². The van der Waals surface area contributed by atoms with Gasteiger partial charge in [0.15, 0.2) is 0 Å². The van der Waals surface area contributed by atoms with Crippen molar-refractivity contribution in [3.63, 3.8) is 0 Å². The van der Waals surface area contributed by atoms with E-state index in [9.17, 15) is 10.1 Å². The van der Waals surface area contributed by atoms with Crippen molar-refractivity contribution in [3.05, 3.63) is 114 Å². The van der Waals surface area contributed by atoms with Gasteiger partial charge in [-0.15, -0.1) is 11.3 Å². The van der Waals surface area contributed by atoms with Gasteiger partial charge in [0.2, 0.25) is 12.0 Å². The number of nitrogens with zero attached hydrogens (tertiary/aromatic N) is 3. The van der Waals surface area contributed by atoms with Crippen molar-refractivity contribution in [2.45, 2.75) is 13.0 Å². The van der Waals surface area contributed by atoms with Gasteiger partial charge in [0.05, 0.1) is 10.6 Å². The van der Waals surface area contributed by atoms with Gasteiger partial charge in [-0.1, -0.05) is 55.1 Å². The van der Waals surface area contributed by atoms with Crippen LogP contribution >= 0.6 is 11.3 Å². The second-order valence-corrected chi connectivity index (χ2v) is 7.94. The molecule has 0 N–H and O–H groups in total. The summed E-state index contributed by atoms with van der Waals surface area (Å²) >= 11 is 1.53. The zero-order chi connectivity index (χ0) is 24.2. The van der Waals surface area contributed by atoms with E-state index in [1.807, 2.05) is 48.8 Å². The third-order valence-corrected chi connectivity index (χ3v) is 5.35. The highest BCUT2D eigenvalue weighted by Crippen LogP contribution is 2.29. The van der Waals surface area contributed by atoms with E-state index >= 15 is 0 Å². The van der Waals surface area contributed by atoms with Gasteiger partial charge in [-0.25, -0.2) is 9.78 Å². The van der Waals surface area contributed by atoms with Gasteiger partial charge < -0.3 is 9.47 Å². The Labute approximate surface area is 202 Å². The maximum atomic E-state index is 12.5. The van der Waals surface area contributed by atoms with Crippen LogP contribution in [0.25, 0.3) is 10.6 Å². The Kier molecular flexibility index (Phi) is 9.09. The SMILES string of the molecule is C=CCOC(=O)C(Oc1nc(-c2cccs2)ccc1C#N)c1ccccc1.Cc1cccnc1. The molecule has 4 rings (SSSR count). The molecule has 4 aromatic rings. The summed E-state index contributed by atoms with van der Waals surface area (Å²) in [4.78, 5) is 21.8. The Hall–Kier alpha value is -4.28. The first kappa shape index (κ1) is 24.4. The third kappa shape index (κ3) is 6.86. The number of carbonyl (C=O) groups is 1. The maximum absolute atomic E-state index is 12.5. The number of esters is 1. The van der Waals surface area contributed by atoms with Gasteiger partial charge in [0, 0.05) is 18.0 Å². The molecular weight excluding hydrogens is 446 g/mol. The second kappa shape index (κ2) is 12.7. The van der Waals surface area contributed by atoms with Crippen LogP contribution in [0.4, 0.5) is 0 Å². The summed E-state index contributed by atoms with van der Waals surface area (Å²) in [6.45, 7) is 5.63. The van der Waals surface area contributed by atoms with Gasteiger partial charge in [-0.3, -0.25) is 4.98 Å². The van der Waals surface area contributed by atoms with Gasteiger partial charge in [0.1, 0.15) is 18.2 Å². The number of benzene rings is 1. The van der Waals surface area contributed by atoms with Crippen LogP contribution in [0, 0.1) is 18.3 Å². The van der Waals surface area contributed by atoms with Crippen LogP contribution in [0.5, 0.6) is 5.88 Å². The lowest BCUT2D eigenvalue weighted by Crippen LogP contribution is -2.22. The number of ether oxygens (including phenoxy) is 2. The van der Waals surface area contributed by atoms with E-state index < -0.39 is 12.1 Å². The van der Waals surface area contributed by atoms with E-state index in [0.717, 1.165) is 4.88 Å². The Morgan fingerprint density at radius 2 is 1.97 bits per heavy atom. The molecule has 0 amide bonds. The molecule has 0 saturated heterocycles. The smallest absolute Gasteiger partial charge is 0.352 e. The highest BCUT2D eigenvalue weighted by atomic mass is 32.1. The van der Waals surface area contributed by atoms with Gasteiger partial charge in [-0.05, 0) is 42.1 Å². The summed E-state index contributed by atoms with van der Waals surface area (Å²) in [5.41, 5.74) is 2.74. The molecule has 3 heterocycles. The molecule has 7 heteroatoms. The van der Waals surface area contributed by atoms with Crippen LogP contribution in [0.1, 0.15) is 22.8 Å². The number of hydrogen-bond donors (Lipinski definition) is 0. The van der Waals surface area contributed by atoms with Crippen molar-refractivity contribution >= 4 is 17.3 Å². The van der Waals surface area contributed by atoms with Gasteiger partial charge >= 0.3 is 5.97 Å². The minimum absolute atomic E-state index is 0.0687. The van der Waals surface area contributed by atoms with Crippen LogP contribution in [0.2, 0.25) is 0 Å². The molecule has 0 aliphatic heterocycles. The molecule has 3 aromatic heterocycles. The molecule has 1 unspecified atom stereocenters. The summed E-state index contributed by atoms with van der Waals surface area (Å²) in [6, 6.07) is 22.2. The molecule has 0 fully saturated rings. The zero-order valence-electron chi connectivity index (χ0n) is 18.6. The molecule has 0 aliphatic rings. The third-order valence-electron chi connectivity index (χ3n) is 4.45. The van der Waals surface area contributed by atoms with Gasteiger partial charge in [-0.2, -0.15) is 5.26 Å². The quantitative estimate of drug-likeness (QED) is 0.247. The molecule has 0 aliphatic carbocycles. The standard InChI is InChI=1S/C21H16N2O3S.C6H7N/c1-2-12-25-21(24)19(15-7-4-3-5-8-15)26-20-16(14-22)10-11-17(23-20)18-9-6-13-27-18;1-6-3-2-4-7-5-6/h2-11,13,19H,1,12H2;2-5H,1H3. The molecular formula is C27H23N3O3S. The second-order valence-electron chi connectivity index (χ2n) is 7.00. The minimum atomic E-state index is -1.04. The summed E-state index contributed by atoms with van der Waals surface area (Å²) in [7, 11) is 0. The molecule has 34 heavy (non-hydrogen) atoms. The summed E-state index contributed by atoms with van der Waals surface area (Å²) in [5.74, 6) is -0.485. The van der Waals surface area contributed by atoms with E-state index in [-0.39, 0.29) is 18.1 Å². The number of aryl methyl sites for hydroxylation is 1. The predicted octanol–water partition coefficient (Wildman–Crippen LogP) is 5.92. The Morgan fingerprint density at radius 3 is 2.56 bits per heavy atom. The number of thiophene rings is 1. The predicted molar refractivity (Wildman–Crippen MR) is 132 cm³/mol. The Morgan fingerprint density at radius 1 is 1.15 bits per heavy atom. The van der Waals surface area contributed by atoms with Crippen molar-refractivity contribution in [3.8, 4) is 22.5 Å². The Bertz CT molecular complexity index is 1240. The highest BCUT2D eigenvalue weighted by Gasteiger charge is 2.26. The van der Waals surface area contributed by atoms with Crippen LogP contribution in [-0.4, -0.2) is 22.5 Å². The lowest BCUT2D eigenvalue weighted by molar-refractivity contribution is -0.151. The first-order valence-electron chi connectivity index (χ1n) is 10.4. The zero-order valence-corrected chi connectivity index (χ0v) is 19.4. The molecule has 1 atom stereocenters. The van der Waals surface area contributed by atoms with Crippen LogP contribution in [-0.2, 0) is 9.53 Å². The number of hydrogen-bond acceptors (Lipinski definition) is 7. The van der Waals surface area contributed by atoms with Crippen molar-refractivity contribution in [1.82, 2.24) is 9.97 Å². The van der Waals surface area contributed by atoms with E-state index in [0.29, 0.717) is 11.3 Å². The van der Waals surface area contributed by atoms with Crippen LogP contribution in [0.3, 0.4) is 0 Å². The molecule has 0 spiro atoms. The van der Waals surface area contributed by atoms with Crippen molar-refractivity contribution in [2.75, 3.05) is 6.61 Å². The topological polar surface area (TPSA) is 85.1 Å². The van der Waals surface area contributed by atoms with E-state index in [2.05, 4.69) is 22.6 Å². The normalized spacial score (nSPS) is 10.7. The van der Waals surface area contributed by atoms with E-state index in [1.54, 1.807) is 42.6 Å². The maximum Gasteiger partial charge on any atom is 0.352 e. The first-order valence-corrected chi connectivity index (χ1v) is 11.3. The number of rotatable bonds is 7. The largest absolute Gasteiger partial charge is 0.458 e. The first-order chi connectivity index (χ1) is 16.6. The number of nitriles is 1. The number of pyridine rings is 2. The number of aromatic nitrogens is 2. The lowest BCUT2D eigenvalue weighted by Gasteiger charge is -2.18. The molecule has 170 valence electrons. The summed E-state index contributed by atoms with van der Waals surface area (Å²) in [5, 5.41) is 11.3. The minimum Gasteiger partial charge on any atom is -0.458 e. The Balaban J connectivity index is 0.000000396. The average Bonchev–Trinajstić information content (AvgIpc) is 3.42. The molecule has 0 saturated carbocycles. The fourth-order valence-corrected chi connectivity index (χ4v) is 3.53. The van der Waals surface area contributed by atoms with Crippen LogP contribution in [0.15, 0.2) is 97.2 Å². The fourth-order valence-electron chi connectivity index (χ4n) is 2.83. The molecule has 6 nitrogen and oxygen atoms in total. The van der Waals surface area contributed by atoms with E-state index in [1.165, 1.54) is 23.0 Å².